The topological polar surface area (TPSA) is 33.1 Å². The van der Waals surface area contributed by atoms with E-state index in [0.29, 0.717) is 6.61 Å². The molecule has 0 heterocycles. The van der Waals surface area contributed by atoms with Crippen molar-refractivity contribution in [2.24, 2.45) is 0 Å². The van der Waals surface area contributed by atoms with Crippen LogP contribution < -0.4 is 0 Å². The van der Waals surface area contributed by atoms with E-state index < -0.39 is 0 Å². The second kappa shape index (κ2) is 4.77. The largest absolute Gasteiger partial charge is 0.478 e. The maximum Gasteiger partial charge on any atom is 0.213 e. The van der Waals surface area contributed by atoms with Crippen LogP contribution in [0, 0.1) is 5.41 Å². The van der Waals surface area contributed by atoms with Crippen LogP contribution in [-0.2, 0) is 4.74 Å². The smallest absolute Gasteiger partial charge is 0.213 e. The minimum atomic E-state index is 0.204. The SMILES string of the molecule is CCOC(=N)c1ccc(Br)c(Br)c1. The molecule has 0 aromatic heterocycles. The Kier molecular flexibility index (Phi) is 3.93. The van der Waals surface area contributed by atoms with Crippen LogP contribution in [-0.4, -0.2) is 12.5 Å². The van der Waals surface area contributed by atoms with Crippen molar-refractivity contribution in [2.45, 2.75) is 6.92 Å². The molecule has 13 heavy (non-hydrogen) atoms. The molecule has 0 unspecified atom stereocenters. The molecule has 1 rings (SSSR count). The number of hydrogen-bond donors (Lipinski definition) is 1. The molecular formula is C9H9Br2NO. The van der Waals surface area contributed by atoms with E-state index in [2.05, 4.69) is 31.9 Å². The van der Waals surface area contributed by atoms with E-state index in [4.69, 9.17) is 10.1 Å². The van der Waals surface area contributed by atoms with Crippen LogP contribution in [0.1, 0.15) is 12.5 Å². The summed E-state index contributed by atoms with van der Waals surface area (Å²) in [5.74, 6) is 0.204. The van der Waals surface area contributed by atoms with Gasteiger partial charge in [-0.1, -0.05) is 0 Å². The minimum absolute atomic E-state index is 0.204. The number of halogens is 2. The molecule has 0 aliphatic carbocycles. The van der Waals surface area contributed by atoms with Gasteiger partial charge in [0.2, 0.25) is 5.90 Å². The molecule has 4 heteroatoms. The van der Waals surface area contributed by atoms with Crippen molar-refractivity contribution in [1.29, 1.82) is 5.41 Å². The summed E-state index contributed by atoms with van der Waals surface area (Å²) in [6.07, 6.45) is 0. The fourth-order valence-electron chi connectivity index (χ4n) is 0.865. The second-order valence-electron chi connectivity index (χ2n) is 2.39. The Labute approximate surface area is 94.1 Å². The van der Waals surface area contributed by atoms with Crippen molar-refractivity contribution in [2.75, 3.05) is 6.61 Å². The third kappa shape index (κ3) is 2.81. The molecule has 70 valence electrons. The molecule has 0 spiro atoms. The van der Waals surface area contributed by atoms with Crippen LogP contribution in [0.2, 0.25) is 0 Å². The number of ether oxygens (including phenoxy) is 1. The molecule has 1 aromatic rings. The van der Waals surface area contributed by atoms with Gasteiger partial charge in [-0.15, -0.1) is 0 Å². The summed E-state index contributed by atoms with van der Waals surface area (Å²) >= 11 is 6.73. The van der Waals surface area contributed by atoms with Crippen LogP contribution in [0.4, 0.5) is 0 Å². The summed E-state index contributed by atoms with van der Waals surface area (Å²) < 4.78 is 6.97. The number of hydrogen-bond acceptors (Lipinski definition) is 2. The molecule has 0 saturated heterocycles. The average molecular weight is 307 g/mol. The average Bonchev–Trinajstić information content (AvgIpc) is 2.10. The summed E-state index contributed by atoms with van der Waals surface area (Å²) in [5, 5.41) is 7.54. The highest BCUT2D eigenvalue weighted by atomic mass is 79.9. The van der Waals surface area contributed by atoms with Crippen molar-refractivity contribution < 1.29 is 4.74 Å². The van der Waals surface area contributed by atoms with E-state index in [1.807, 2.05) is 25.1 Å². The van der Waals surface area contributed by atoms with Crippen molar-refractivity contribution in [3.63, 3.8) is 0 Å². The van der Waals surface area contributed by atoms with E-state index in [1.165, 1.54) is 0 Å². The van der Waals surface area contributed by atoms with E-state index in [-0.39, 0.29) is 5.90 Å². The van der Waals surface area contributed by atoms with Gasteiger partial charge >= 0.3 is 0 Å². The van der Waals surface area contributed by atoms with Crippen molar-refractivity contribution in [1.82, 2.24) is 0 Å². The van der Waals surface area contributed by atoms with Crippen LogP contribution in [0.15, 0.2) is 27.1 Å². The maximum absolute atomic E-state index is 7.54. The standard InChI is InChI=1S/C9H9Br2NO/c1-2-13-9(12)6-3-4-7(10)8(11)5-6/h3-5,12H,2H2,1H3. The summed E-state index contributed by atoms with van der Waals surface area (Å²) in [5.41, 5.74) is 0.775. The van der Waals surface area contributed by atoms with Gasteiger partial charge in [-0.2, -0.15) is 0 Å². The number of benzene rings is 1. The molecule has 0 aliphatic rings. The predicted octanol–water partition coefficient (Wildman–Crippen LogP) is 3.57. The molecule has 2 nitrogen and oxygen atoms in total. The summed E-state index contributed by atoms with van der Waals surface area (Å²) in [6, 6.07) is 5.57. The van der Waals surface area contributed by atoms with Crippen LogP contribution in [0.25, 0.3) is 0 Å². The minimum Gasteiger partial charge on any atom is -0.478 e. The van der Waals surface area contributed by atoms with Gasteiger partial charge in [0.05, 0.1) is 6.61 Å². The fourth-order valence-corrected chi connectivity index (χ4v) is 1.49. The van der Waals surface area contributed by atoms with Crippen molar-refractivity contribution in [3.05, 3.63) is 32.7 Å². The van der Waals surface area contributed by atoms with Gasteiger partial charge in [0.15, 0.2) is 0 Å². The number of nitrogens with one attached hydrogen (secondary N) is 1. The normalized spacial score (nSPS) is 9.77. The van der Waals surface area contributed by atoms with E-state index >= 15 is 0 Å². The Bertz CT molecular complexity index is 325. The zero-order chi connectivity index (χ0) is 9.84. The van der Waals surface area contributed by atoms with Crippen molar-refractivity contribution in [3.8, 4) is 0 Å². The first-order chi connectivity index (χ1) is 6.15. The van der Waals surface area contributed by atoms with Gasteiger partial charge in [0.1, 0.15) is 0 Å². The monoisotopic (exact) mass is 305 g/mol. The van der Waals surface area contributed by atoms with Gasteiger partial charge in [-0.3, -0.25) is 5.41 Å². The lowest BCUT2D eigenvalue weighted by Gasteiger charge is -2.05. The lowest BCUT2D eigenvalue weighted by Crippen LogP contribution is -2.04. The zero-order valence-corrected chi connectivity index (χ0v) is 10.3. The van der Waals surface area contributed by atoms with Gasteiger partial charge in [0.25, 0.3) is 0 Å². The Morgan fingerprint density at radius 2 is 2.08 bits per heavy atom. The third-order valence-corrected chi connectivity index (χ3v) is 3.35. The third-order valence-electron chi connectivity index (χ3n) is 1.47. The Balaban J connectivity index is 2.90. The Hall–Kier alpha value is -0.350. The Morgan fingerprint density at radius 1 is 1.38 bits per heavy atom. The first-order valence-corrected chi connectivity index (χ1v) is 5.40. The number of rotatable bonds is 2. The molecule has 0 saturated carbocycles. The summed E-state index contributed by atoms with van der Waals surface area (Å²) in [6.45, 7) is 2.38. The maximum atomic E-state index is 7.54. The Morgan fingerprint density at radius 3 is 2.62 bits per heavy atom. The molecule has 0 bridgehead atoms. The molecule has 1 aromatic carbocycles. The first kappa shape index (κ1) is 10.7. The highest BCUT2D eigenvalue weighted by Crippen LogP contribution is 2.23. The highest BCUT2D eigenvalue weighted by Gasteiger charge is 2.03. The lowest BCUT2D eigenvalue weighted by molar-refractivity contribution is 0.325. The van der Waals surface area contributed by atoms with Crippen molar-refractivity contribution >= 4 is 37.8 Å². The lowest BCUT2D eigenvalue weighted by atomic mass is 10.2. The zero-order valence-electron chi connectivity index (χ0n) is 7.10. The molecule has 0 radical (unpaired) electrons. The van der Waals surface area contributed by atoms with Crippen LogP contribution in [0.3, 0.4) is 0 Å². The van der Waals surface area contributed by atoms with Crippen LogP contribution >= 0.6 is 31.9 Å². The van der Waals surface area contributed by atoms with Gasteiger partial charge < -0.3 is 4.74 Å². The van der Waals surface area contributed by atoms with Gasteiger partial charge in [0, 0.05) is 14.5 Å². The van der Waals surface area contributed by atoms with Crippen LogP contribution in [0.5, 0.6) is 0 Å². The fraction of sp³-hybridized carbons (Fsp3) is 0.222. The van der Waals surface area contributed by atoms with E-state index in [0.717, 1.165) is 14.5 Å². The first-order valence-electron chi connectivity index (χ1n) is 3.82. The summed E-state index contributed by atoms with van der Waals surface area (Å²) in [4.78, 5) is 0. The van der Waals surface area contributed by atoms with Gasteiger partial charge in [-0.05, 0) is 57.0 Å². The molecule has 0 aliphatic heterocycles. The van der Waals surface area contributed by atoms with E-state index in [1.54, 1.807) is 0 Å². The second-order valence-corrected chi connectivity index (χ2v) is 4.10. The molecule has 0 amide bonds. The van der Waals surface area contributed by atoms with E-state index in [9.17, 15) is 0 Å². The quantitative estimate of drug-likeness (QED) is 0.657. The molecule has 1 N–H and O–H groups in total. The molecule has 0 fully saturated rings. The predicted molar refractivity (Wildman–Crippen MR) is 60.3 cm³/mol. The molecular weight excluding hydrogens is 298 g/mol. The highest BCUT2D eigenvalue weighted by molar-refractivity contribution is 9.13. The molecule has 0 atom stereocenters. The van der Waals surface area contributed by atoms with Gasteiger partial charge in [-0.25, -0.2) is 0 Å². The summed E-state index contributed by atoms with van der Waals surface area (Å²) in [7, 11) is 0.